The minimum atomic E-state index is -0.332. The number of nitrogens with zero attached hydrogens (tertiary/aromatic N) is 4. The van der Waals surface area contributed by atoms with Crippen molar-refractivity contribution < 1.29 is 9.18 Å². The number of hydrogen-bond donors (Lipinski definition) is 0. The summed E-state index contributed by atoms with van der Waals surface area (Å²) in [6, 6.07) is 7.50. The zero-order valence-corrected chi connectivity index (χ0v) is 14.3. The zero-order chi connectivity index (χ0) is 17.9. The van der Waals surface area contributed by atoms with Crippen LogP contribution < -0.4 is 4.90 Å². The van der Waals surface area contributed by atoms with Crippen LogP contribution in [0.15, 0.2) is 66.3 Å². The predicted molar refractivity (Wildman–Crippen MR) is 97.1 cm³/mol. The van der Waals surface area contributed by atoms with E-state index in [0.29, 0.717) is 11.5 Å². The SMILES string of the molecule is O=C(/C=C1/CCC2=CN(c3ncccn3)CCN2C1)c1ccc(F)cc1. The normalized spacial score (nSPS) is 18.5. The summed E-state index contributed by atoms with van der Waals surface area (Å²) in [6.45, 7) is 2.43. The van der Waals surface area contributed by atoms with Crippen molar-refractivity contribution in [3.05, 3.63) is 77.7 Å². The lowest BCUT2D eigenvalue weighted by molar-refractivity contribution is 0.104. The van der Waals surface area contributed by atoms with Crippen molar-refractivity contribution in [1.29, 1.82) is 0 Å². The fourth-order valence-electron chi connectivity index (χ4n) is 3.31. The van der Waals surface area contributed by atoms with Gasteiger partial charge < -0.3 is 9.80 Å². The maximum Gasteiger partial charge on any atom is 0.229 e. The monoisotopic (exact) mass is 350 g/mol. The summed E-state index contributed by atoms with van der Waals surface area (Å²) in [5.74, 6) is 0.318. The minimum Gasteiger partial charge on any atom is -0.368 e. The summed E-state index contributed by atoms with van der Waals surface area (Å²) in [4.78, 5) is 25.3. The molecule has 1 saturated heterocycles. The first-order chi connectivity index (χ1) is 12.7. The smallest absolute Gasteiger partial charge is 0.229 e. The molecule has 2 aliphatic heterocycles. The highest BCUT2D eigenvalue weighted by molar-refractivity contribution is 6.04. The minimum absolute atomic E-state index is 0.0660. The number of aromatic nitrogens is 2. The van der Waals surface area contributed by atoms with Crippen LogP contribution in [0.2, 0.25) is 0 Å². The molecular weight excluding hydrogens is 331 g/mol. The van der Waals surface area contributed by atoms with Crippen molar-refractivity contribution in [1.82, 2.24) is 14.9 Å². The van der Waals surface area contributed by atoms with Crippen molar-refractivity contribution in [2.45, 2.75) is 12.8 Å². The molecule has 2 aromatic rings. The van der Waals surface area contributed by atoms with Gasteiger partial charge in [-0.3, -0.25) is 4.79 Å². The largest absolute Gasteiger partial charge is 0.368 e. The number of piperidine rings is 1. The van der Waals surface area contributed by atoms with E-state index >= 15 is 0 Å². The van der Waals surface area contributed by atoms with Gasteiger partial charge in [-0.2, -0.15) is 0 Å². The van der Waals surface area contributed by atoms with Gasteiger partial charge in [-0.05, 0) is 54.8 Å². The van der Waals surface area contributed by atoms with E-state index in [2.05, 4.69) is 26.0 Å². The second-order valence-electron chi connectivity index (χ2n) is 6.46. The van der Waals surface area contributed by atoms with Crippen LogP contribution in [-0.4, -0.2) is 40.3 Å². The Hall–Kier alpha value is -3.02. The summed E-state index contributed by atoms with van der Waals surface area (Å²) >= 11 is 0. The fourth-order valence-corrected chi connectivity index (χ4v) is 3.31. The van der Waals surface area contributed by atoms with Crippen molar-refractivity contribution in [3.8, 4) is 0 Å². The number of hydrogen-bond acceptors (Lipinski definition) is 5. The van der Waals surface area contributed by atoms with Crippen LogP contribution in [0.4, 0.5) is 10.3 Å². The molecule has 4 rings (SSSR count). The van der Waals surface area contributed by atoms with Crippen LogP contribution in [0.3, 0.4) is 0 Å². The number of allylic oxidation sites excluding steroid dienone is 2. The Morgan fingerprint density at radius 1 is 1.08 bits per heavy atom. The Morgan fingerprint density at radius 2 is 1.85 bits per heavy atom. The van der Waals surface area contributed by atoms with Crippen LogP contribution in [0.25, 0.3) is 0 Å². The van der Waals surface area contributed by atoms with Crippen LogP contribution in [-0.2, 0) is 0 Å². The lowest BCUT2D eigenvalue weighted by atomic mass is 9.98. The van der Waals surface area contributed by atoms with Gasteiger partial charge in [0.15, 0.2) is 5.78 Å². The zero-order valence-electron chi connectivity index (χ0n) is 14.3. The van der Waals surface area contributed by atoms with Gasteiger partial charge >= 0.3 is 0 Å². The number of anilines is 1. The number of halogens is 1. The summed E-state index contributed by atoms with van der Waals surface area (Å²) in [6.07, 6.45) is 9.03. The molecule has 0 aliphatic carbocycles. The van der Waals surface area contributed by atoms with Crippen LogP contribution in [0.5, 0.6) is 0 Å². The number of ketones is 1. The third kappa shape index (κ3) is 3.49. The molecule has 132 valence electrons. The quantitative estimate of drug-likeness (QED) is 0.629. The highest BCUT2D eigenvalue weighted by Crippen LogP contribution is 2.28. The molecule has 0 N–H and O–H groups in total. The van der Waals surface area contributed by atoms with Gasteiger partial charge in [-0.15, -0.1) is 0 Å². The summed E-state index contributed by atoms with van der Waals surface area (Å²) in [7, 11) is 0. The first kappa shape index (κ1) is 16.4. The van der Waals surface area contributed by atoms with Gasteiger partial charge in [0.2, 0.25) is 5.95 Å². The van der Waals surface area contributed by atoms with E-state index in [1.54, 1.807) is 18.5 Å². The molecular formula is C20H19FN4O. The van der Waals surface area contributed by atoms with Crippen LogP contribution >= 0.6 is 0 Å². The highest BCUT2D eigenvalue weighted by Gasteiger charge is 2.24. The third-order valence-electron chi connectivity index (χ3n) is 4.69. The summed E-state index contributed by atoms with van der Waals surface area (Å²) in [5, 5.41) is 0. The second kappa shape index (κ2) is 7.07. The third-order valence-corrected chi connectivity index (χ3v) is 4.69. The van der Waals surface area contributed by atoms with E-state index in [1.165, 1.54) is 30.0 Å². The van der Waals surface area contributed by atoms with Gasteiger partial charge in [0.1, 0.15) is 5.82 Å². The van der Waals surface area contributed by atoms with E-state index in [1.807, 2.05) is 6.07 Å². The molecule has 0 unspecified atom stereocenters. The Labute approximate surface area is 151 Å². The van der Waals surface area contributed by atoms with E-state index in [0.717, 1.165) is 38.0 Å². The standard InChI is InChI=1S/C20H19FN4O/c21-17-5-3-16(4-6-17)19(26)12-15-2-7-18-14-25(11-10-24(18)13-15)20-22-8-1-9-23-20/h1,3-6,8-9,12,14H,2,7,10-11,13H2/b15-12-. The molecule has 1 aromatic heterocycles. The van der Waals surface area contributed by atoms with Crippen LogP contribution in [0, 0.1) is 5.82 Å². The molecule has 0 atom stereocenters. The first-order valence-electron chi connectivity index (χ1n) is 8.68. The van der Waals surface area contributed by atoms with E-state index < -0.39 is 0 Å². The Bertz CT molecular complexity index is 861. The molecule has 0 bridgehead atoms. The molecule has 3 heterocycles. The molecule has 0 saturated carbocycles. The number of rotatable bonds is 3. The molecule has 0 spiro atoms. The first-order valence-corrected chi connectivity index (χ1v) is 8.68. The molecule has 0 amide bonds. The van der Waals surface area contributed by atoms with Crippen molar-refractivity contribution >= 4 is 11.7 Å². The molecule has 5 nitrogen and oxygen atoms in total. The molecule has 1 fully saturated rings. The maximum absolute atomic E-state index is 13.0. The van der Waals surface area contributed by atoms with Gasteiger partial charge in [0.05, 0.1) is 0 Å². The van der Waals surface area contributed by atoms with Crippen molar-refractivity contribution in [2.24, 2.45) is 0 Å². The molecule has 26 heavy (non-hydrogen) atoms. The summed E-state index contributed by atoms with van der Waals surface area (Å²) in [5.41, 5.74) is 2.88. The lowest BCUT2D eigenvalue weighted by Crippen LogP contribution is -2.41. The lowest BCUT2D eigenvalue weighted by Gasteiger charge is -2.39. The van der Waals surface area contributed by atoms with E-state index in [9.17, 15) is 9.18 Å². The maximum atomic E-state index is 13.0. The average Bonchev–Trinajstić information content (AvgIpc) is 2.69. The molecule has 6 heteroatoms. The topological polar surface area (TPSA) is 49.3 Å². The van der Waals surface area contributed by atoms with Gasteiger partial charge in [-0.25, -0.2) is 14.4 Å². The Balaban J connectivity index is 1.46. The Kier molecular flexibility index (Phi) is 4.48. The van der Waals surface area contributed by atoms with E-state index in [4.69, 9.17) is 0 Å². The van der Waals surface area contributed by atoms with Crippen molar-refractivity contribution in [2.75, 3.05) is 24.5 Å². The van der Waals surface area contributed by atoms with E-state index in [-0.39, 0.29) is 11.6 Å². The highest BCUT2D eigenvalue weighted by atomic mass is 19.1. The van der Waals surface area contributed by atoms with Gasteiger partial charge in [0, 0.05) is 49.5 Å². The number of carbonyl (C=O) groups excluding carboxylic acids is 1. The second-order valence-corrected chi connectivity index (χ2v) is 6.46. The molecule has 2 aliphatic rings. The number of carbonyl (C=O) groups is 1. The van der Waals surface area contributed by atoms with Gasteiger partial charge in [0.25, 0.3) is 0 Å². The van der Waals surface area contributed by atoms with Crippen molar-refractivity contribution in [3.63, 3.8) is 0 Å². The van der Waals surface area contributed by atoms with Gasteiger partial charge in [-0.1, -0.05) is 0 Å². The average molecular weight is 350 g/mol. The molecule has 0 radical (unpaired) electrons. The van der Waals surface area contributed by atoms with Crippen LogP contribution in [0.1, 0.15) is 23.2 Å². The number of benzene rings is 1. The predicted octanol–water partition coefficient (Wildman–Crippen LogP) is 3.18. The Morgan fingerprint density at radius 3 is 2.62 bits per heavy atom. The number of fused-ring (bicyclic) bond motifs is 1. The fraction of sp³-hybridized carbons (Fsp3) is 0.250. The molecule has 1 aromatic carbocycles. The summed E-state index contributed by atoms with van der Waals surface area (Å²) < 4.78 is 13.0.